The second-order valence-electron chi connectivity index (χ2n) is 5.24. The van der Waals surface area contributed by atoms with Gasteiger partial charge in [0.05, 0.1) is 11.0 Å². The van der Waals surface area contributed by atoms with E-state index in [1.54, 1.807) is 12.1 Å². The van der Waals surface area contributed by atoms with Crippen molar-refractivity contribution in [1.82, 2.24) is 15.3 Å². The summed E-state index contributed by atoms with van der Waals surface area (Å²) in [6.07, 6.45) is 3.43. The zero-order valence-corrected chi connectivity index (χ0v) is 10.7. The van der Waals surface area contributed by atoms with E-state index < -0.39 is 0 Å². The molecule has 0 aliphatic carbocycles. The lowest BCUT2D eigenvalue weighted by atomic mass is 9.82. The summed E-state index contributed by atoms with van der Waals surface area (Å²) in [6, 6.07) is 5.30. The fourth-order valence-electron chi connectivity index (χ4n) is 3.00. The highest BCUT2D eigenvalue weighted by Gasteiger charge is 2.37. The summed E-state index contributed by atoms with van der Waals surface area (Å²) in [5.41, 5.74) is 2.00. The van der Waals surface area contributed by atoms with Gasteiger partial charge in [0.1, 0.15) is 11.6 Å². The van der Waals surface area contributed by atoms with E-state index in [1.165, 1.54) is 0 Å². The fraction of sp³-hybridized carbons (Fsp3) is 0.500. The van der Waals surface area contributed by atoms with Crippen molar-refractivity contribution < 1.29 is 5.11 Å². The maximum absolute atomic E-state index is 9.51. The highest BCUT2D eigenvalue weighted by atomic mass is 16.3. The minimum absolute atomic E-state index is 0.142. The lowest BCUT2D eigenvalue weighted by Gasteiger charge is -2.25. The molecule has 1 aromatic carbocycles. The number of hydrogen-bond donors (Lipinski definition) is 3. The van der Waals surface area contributed by atoms with Crippen LogP contribution in [0.2, 0.25) is 0 Å². The first-order valence-corrected chi connectivity index (χ1v) is 6.63. The molecule has 3 N–H and O–H groups in total. The van der Waals surface area contributed by atoms with Gasteiger partial charge in [-0.1, -0.05) is 13.3 Å². The van der Waals surface area contributed by atoms with Crippen molar-refractivity contribution in [2.45, 2.75) is 31.6 Å². The van der Waals surface area contributed by atoms with Crippen molar-refractivity contribution in [2.75, 3.05) is 13.1 Å². The third kappa shape index (κ3) is 1.77. The van der Waals surface area contributed by atoms with Crippen molar-refractivity contribution in [1.29, 1.82) is 0 Å². The fourth-order valence-corrected chi connectivity index (χ4v) is 3.00. The molecule has 2 heterocycles. The van der Waals surface area contributed by atoms with Gasteiger partial charge in [0.15, 0.2) is 0 Å². The predicted molar refractivity (Wildman–Crippen MR) is 71.8 cm³/mol. The Kier molecular flexibility index (Phi) is 2.74. The van der Waals surface area contributed by atoms with Gasteiger partial charge in [-0.05, 0) is 31.5 Å². The number of phenolic OH excluding ortho intramolecular Hbond substituents is 1. The SMILES string of the molecule is CCCC1(c2nc3ccc(O)cc3[nH]2)CCNC1. The maximum Gasteiger partial charge on any atom is 0.117 e. The van der Waals surface area contributed by atoms with Crippen LogP contribution in [0.15, 0.2) is 18.2 Å². The zero-order valence-electron chi connectivity index (χ0n) is 10.7. The molecule has 1 aliphatic heterocycles. The zero-order chi connectivity index (χ0) is 12.6. The van der Waals surface area contributed by atoms with Crippen LogP contribution in [-0.4, -0.2) is 28.2 Å². The summed E-state index contributed by atoms with van der Waals surface area (Å²) in [5, 5.41) is 13.0. The summed E-state index contributed by atoms with van der Waals surface area (Å²) in [6.45, 7) is 4.27. The van der Waals surface area contributed by atoms with Crippen molar-refractivity contribution in [3.05, 3.63) is 24.0 Å². The molecule has 4 heteroatoms. The monoisotopic (exact) mass is 245 g/mol. The Hall–Kier alpha value is -1.55. The number of aromatic nitrogens is 2. The van der Waals surface area contributed by atoms with Crippen LogP contribution in [0.5, 0.6) is 5.75 Å². The molecule has 3 rings (SSSR count). The van der Waals surface area contributed by atoms with Crippen LogP contribution < -0.4 is 5.32 Å². The number of nitrogens with zero attached hydrogens (tertiary/aromatic N) is 1. The van der Waals surface area contributed by atoms with Gasteiger partial charge in [0, 0.05) is 18.0 Å². The first-order chi connectivity index (χ1) is 8.73. The minimum Gasteiger partial charge on any atom is -0.508 e. The van der Waals surface area contributed by atoms with Crippen molar-refractivity contribution in [2.24, 2.45) is 0 Å². The minimum atomic E-state index is 0.142. The number of nitrogens with one attached hydrogen (secondary N) is 2. The molecule has 1 fully saturated rings. The summed E-state index contributed by atoms with van der Waals surface area (Å²) in [4.78, 5) is 8.11. The molecule has 96 valence electrons. The Labute approximate surface area is 106 Å². The number of rotatable bonds is 3. The van der Waals surface area contributed by atoms with Gasteiger partial charge in [-0.2, -0.15) is 0 Å². The molecule has 1 atom stereocenters. The summed E-state index contributed by atoms with van der Waals surface area (Å²) in [5.74, 6) is 1.35. The Bertz CT molecular complexity index is 555. The molecule has 0 saturated carbocycles. The number of fused-ring (bicyclic) bond motifs is 1. The van der Waals surface area contributed by atoms with Crippen LogP contribution in [0, 0.1) is 0 Å². The first-order valence-electron chi connectivity index (χ1n) is 6.63. The molecule has 0 bridgehead atoms. The molecular formula is C14H19N3O. The smallest absolute Gasteiger partial charge is 0.117 e. The number of phenols is 1. The second kappa shape index (κ2) is 4.28. The number of imidazole rings is 1. The molecule has 1 aliphatic rings. The van der Waals surface area contributed by atoms with E-state index in [0.29, 0.717) is 0 Å². The second-order valence-corrected chi connectivity index (χ2v) is 5.24. The quantitative estimate of drug-likeness (QED) is 0.777. The lowest BCUT2D eigenvalue weighted by Crippen LogP contribution is -2.30. The normalized spacial score (nSPS) is 23.8. The molecule has 2 aromatic rings. The van der Waals surface area contributed by atoms with Crippen LogP contribution >= 0.6 is 0 Å². The largest absolute Gasteiger partial charge is 0.508 e. The van der Waals surface area contributed by atoms with Gasteiger partial charge in [-0.3, -0.25) is 0 Å². The van der Waals surface area contributed by atoms with Crippen LogP contribution in [0.4, 0.5) is 0 Å². The molecular weight excluding hydrogens is 226 g/mol. The van der Waals surface area contributed by atoms with Crippen LogP contribution in [-0.2, 0) is 5.41 Å². The Morgan fingerprint density at radius 1 is 1.44 bits per heavy atom. The number of aromatic hydroxyl groups is 1. The van der Waals surface area contributed by atoms with Crippen LogP contribution in [0.3, 0.4) is 0 Å². The van der Waals surface area contributed by atoms with E-state index in [-0.39, 0.29) is 11.2 Å². The van der Waals surface area contributed by atoms with Gasteiger partial charge < -0.3 is 15.4 Å². The molecule has 0 radical (unpaired) electrons. The van der Waals surface area contributed by atoms with Gasteiger partial charge >= 0.3 is 0 Å². The highest BCUT2D eigenvalue weighted by molar-refractivity contribution is 5.76. The number of hydrogen-bond acceptors (Lipinski definition) is 3. The van der Waals surface area contributed by atoms with Crippen molar-refractivity contribution >= 4 is 11.0 Å². The highest BCUT2D eigenvalue weighted by Crippen LogP contribution is 2.34. The van der Waals surface area contributed by atoms with E-state index in [0.717, 1.165) is 49.2 Å². The first kappa shape index (κ1) is 11.5. The van der Waals surface area contributed by atoms with Crippen molar-refractivity contribution in [3.8, 4) is 5.75 Å². The van der Waals surface area contributed by atoms with E-state index in [2.05, 4.69) is 17.2 Å². The molecule has 1 saturated heterocycles. The summed E-state index contributed by atoms with van der Waals surface area (Å²) >= 11 is 0. The van der Waals surface area contributed by atoms with E-state index in [4.69, 9.17) is 4.98 Å². The van der Waals surface area contributed by atoms with Gasteiger partial charge in [0.25, 0.3) is 0 Å². The third-order valence-corrected chi connectivity index (χ3v) is 3.94. The molecule has 0 amide bonds. The standard InChI is InChI=1S/C14H19N3O/c1-2-5-14(6-7-15-9-14)13-16-11-4-3-10(18)8-12(11)17-13/h3-4,8,15,18H,2,5-7,9H2,1H3,(H,16,17). The van der Waals surface area contributed by atoms with Gasteiger partial charge in [-0.25, -0.2) is 4.98 Å². The van der Waals surface area contributed by atoms with Crippen LogP contribution in [0.1, 0.15) is 32.0 Å². The summed E-state index contributed by atoms with van der Waals surface area (Å²) < 4.78 is 0. The summed E-state index contributed by atoms with van der Waals surface area (Å²) in [7, 11) is 0. The Morgan fingerprint density at radius 2 is 2.33 bits per heavy atom. The number of benzene rings is 1. The topological polar surface area (TPSA) is 60.9 Å². The predicted octanol–water partition coefficient (Wildman–Crippen LogP) is 2.30. The average molecular weight is 245 g/mol. The lowest BCUT2D eigenvalue weighted by molar-refractivity contribution is 0.406. The average Bonchev–Trinajstić information content (AvgIpc) is 2.95. The molecule has 0 spiro atoms. The number of H-pyrrole nitrogens is 1. The van der Waals surface area contributed by atoms with E-state index in [1.807, 2.05) is 6.07 Å². The van der Waals surface area contributed by atoms with Gasteiger partial charge in [-0.15, -0.1) is 0 Å². The molecule has 4 nitrogen and oxygen atoms in total. The third-order valence-electron chi connectivity index (χ3n) is 3.94. The Balaban J connectivity index is 2.06. The molecule has 1 aromatic heterocycles. The van der Waals surface area contributed by atoms with Crippen molar-refractivity contribution in [3.63, 3.8) is 0 Å². The molecule has 1 unspecified atom stereocenters. The van der Waals surface area contributed by atoms with E-state index >= 15 is 0 Å². The van der Waals surface area contributed by atoms with Crippen LogP contribution in [0.25, 0.3) is 11.0 Å². The van der Waals surface area contributed by atoms with E-state index in [9.17, 15) is 5.11 Å². The number of aromatic amines is 1. The van der Waals surface area contributed by atoms with Gasteiger partial charge in [0.2, 0.25) is 0 Å². The Morgan fingerprint density at radius 3 is 3.06 bits per heavy atom. The maximum atomic E-state index is 9.51. The molecule has 18 heavy (non-hydrogen) atoms.